The average molecular weight is 221 g/mol. The lowest BCUT2D eigenvalue weighted by Gasteiger charge is -1.99. The third kappa shape index (κ3) is 2.07. The fourth-order valence-electron chi connectivity index (χ4n) is 1.54. The maximum Gasteiger partial charge on any atom is 0.123 e. The second-order valence-corrected chi connectivity index (χ2v) is 4.57. The molecule has 0 spiro atoms. The summed E-state index contributed by atoms with van der Waals surface area (Å²) in [6.45, 7) is 4.08. The standard InChI is InChI=1S/C12H12FNS/c1-3-11-12(15-8(2)14-11)9-4-6-10(13)7-5-9/h4-7H,3H2,1-2H3. The second kappa shape index (κ2) is 4.11. The number of aromatic nitrogens is 1. The minimum Gasteiger partial charge on any atom is -0.246 e. The van der Waals surface area contributed by atoms with Crippen LogP contribution in [0.1, 0.15) is 17.6 Å². The van der Waals surface area contributed by atoms with Gasteiger partial charge in [-0.15, -0.1) is 11.3 Å². The lowest BCUT2D eigenvalue weighted by Crippen LogP contribution is -1.84. The Morgan fingerprint density at radius 2 is 1.93 bits per heavy atom. The zero-order chi connectivity index (χ0) is 10.8. The Bertz CT molecular complexity index is 459. The van der Waals surface area contributed by atoms with E-state index < -0.39 is 0 Å². The van der Waals surface area contributed by atoms with E-state index >= 15 is 0 Å². The van der Waals surface area contributed by atoms with Gasteiger partial charge >= 0.3 is 0 Å². The number of hydrogen-bond acceptors (Lipinski definition) is 2. The first-order valence-electron chi connectivity index (χ1n) is 4.93. The highest BCUT2D eigenvalue weighted by molar-refractivity contribution is 7.15. The van der Waals surface area contributed by atoms with E-state index in [9.17, 15) is 4.39 Å². The molecule has 0 saturated carbocycles. The van der Waals surface area contributed by atoms with Crippen LogP contribution in [0.15, 0.2) is 24.3 Å². The van der Waals surface area contributed by atoms with E-state index in [0.29, 0.717) is 0 Å². The lowest BCUT2D eigenvalue weighted by molar-refractivity contribution is 0.628. The van der Waals surface area contributed by atoms with Crippen molar-refractivity contribution >= 4 is 11.3 Å². The van der Waals surface area contributed by atoms with Crippen LogP contribution in [0.4, 0.5) is 4.39 Å². The van der Waals surface area contributed by atoms with Gasteiger partial charge in [0.1, 0.15) is 5.82 Å². The molecule has 0 unspecified atom stereocenters. The molecule has 78 valence electrons. The highest BCUT2D eigenvalue weighted by atomic mass is 32.1. The van der Waals surface area contributed by atoms with E-state index in [1.54, 1.807) is 23.5 Å². The normalized spacial score (nSPS) is 10.6. The van der Waals surface area contributed by atoms with Gasteiger partial charge in [0.15, 0.2) is 0 Å². The predicted molar refractivity (Wildman–Crippen MR) is 61.6 cm³/mol. The Morgan fingerprint density at radius 3 is 2.53 bits per heavy atom. The van der Waals surface area contributed by atoms with Crippen molar-refractivity contribution < 1.29 is 4.39 Å². The van der Waals surface area contributed by atoms with Crippen molar-refractivity contribution in [3.05, 3.63) is 40.8 Å². The van der Waals surface area contributed by atoms with E-state index in [2.05, 4.69) is 11.9 Å². The third-order valence-corrected chi connectivity index (χ3v) is 3.31. The number of rotatable bonds is 2. The van der Waals surface area contributed by atoms with Crippen molar-refractivity contribution in [3.63, 3.8) is 0 Å². The molecule has 2 rings (SSSR count). The maximum atomic E-state index is 12.8. The molecule has 0 aliphatic heterocycles. The summed E-state index contributed by atoms with van der Waals surface area (Å²) < 4.78 is 12.8. The number of nitrogens with zero attached hydrogens (tertiary/aromatic N) is 1. The highest BCUT2D eigenvalue weighted by Gasteiger charge is 2.09. The second-order valence-electron chi connectivity index (χ2n) is 3.37. The molecule has 2 aromatic rings. The highest BCUT2D eigenvalue weighted by Crippen LogP contribution is 2.30. The maximum absolute atomic E-state index is 12.8. The molecular weight excluding hydrogens is 209 g/mol. The van der Waals surface area contributed by atoms with Crippen molar-refractivity contribution in [2.24, 2.45) is 0 Å². The van der Waals surface area contributed by atoms with Gasteiger partial charge in [0.25, 0.3) is 0 Å². The monoisotopic (exact) mass is 221 g/mol. The molecule has 0 aliphatic carbocycles. The van der Waals surface area contributed by atoms with Crippen LogP contribution in [0, 0.1) is 12.7 Å². The summed E-state index contributed by atoms with van der Waals surface area (Å²) >= 11 is 1.66. The van der Waals surface area contributed by atoms with Crippen LogP contribution >= 0.6 is 11.3 Å². The van der Waals surface area contributed by atoms with Crippen LogP contribution in [-0.4, -0.2) is 4.98 Å². The van der Waals surface area contributed by atoms with Crippen molar-refractivity contribution in [2.75, 3.05) is 0 Å². The smallest absolute Gasteiger partial charge is 0.123 e. The fraction of sp³-hybridized carbons (Fsp3) is 0.250. The molecule has 0 fully saturated rings. The molecule has 0 atom stereocenters. The SMILES string of the molecule is CCc1nc(C)sc1-c1ccc(F)cc1. The fourth-order valence-corrected chi connectivity index (χ4v) is 2.55. The van der Waals surface area contributed by atoms with Crippen LogP contribution in [0.2, 0.25) is 0 Å². The molecule has 0 bridgehead atoms. The van der Waals surface area contributed by atoms with E-state index in [-0.39, 0.29) is 5.82 Å². The molecule has 1 aromatic heterocycles. The van der Waals surface area contributed by atoms with Gasteiger partial charge in [-0.05, 0) is 31.0 Å². The van der Waals surface area contributed by atoms with Gasteiger partial charge in [-0.25, -0.2) is 9.37 Å². The van der Waals surface area contributed by atoms with Gasteiger partial charge in [0, 0.05) is 0 Å². The van der Waals surface area contributed by atoms with Crippen LogP contribution in [0.25, 0.3) is 10.4 Å². The van der Waals surface area contributed by atoms with Crippen LogP contribution in [0.3, 0.4) is 0 Å². The summed E-state index contributed by atoms with van der Waals surface area (Å²) in [6, 6.07) is 6.59. The van der Waals surface area contributed by atoms with Gasteiger partial charge in [-0.1, -0.05) is 19.1 Å². The summed E-state index contributed by atoms with van der Waals surface area (Å²) in [5, 5.41) is 1.06. The molecule has 0 amide bonds. The number of aryl methyl sites for hydroxylation is 2. The van der Waals surface area contributed by atoms with Crippen LogP contribution < -0.4 is 0 Å². The number of hydrogen-bond donors (Lipinski definition) is 0. The molecule has 0 N–H and O–H groups in total. The average Bonchev–Trinajstić information content (AvgIpc) is 2.61. The van der Waals surface area contributed by atoms with E-state index in [1.165, 1.54) is 12.1 Å². The van der Waals surface area contributed by atoms with E-state index in [4.69, 9.17) is 0 Å². The van der Waals surface area contributed by atoms with E-state index in [0.717, 1.165) is 27.6 Å². The van der Waals surface area contributed by atoms with Gasteiger partial charge in [-0.3, -0.25) is 0 Å². The first kappa shape index (κ1) is 10.3. The van der Waals surface area contributed by atoms with Crippen molar-refractivity contribution in [1.29, 1.82) is 0 Å². The first-order chi connectivity index (χ1) is 7.20. The number of thiazole rings is 1. The number of halogens is 1. The summed E-state index contributed by atoms with van der Waals surface area (Å²) in [7, 11) is 0. The van der Waals surface area contributed by atoms with Gasteiger partial charge in [0.2, 0.25) is 0 Å². The molecule has 1 heterocycles. The predicted octanol–water partition coefficient (Wildman–Crippen LogP) is 3.82. The third-order valence-electron chi connectivity index (χ3n) is 2.25. The number of benzene rings is 1. The zero-order valence-electron chi connectivity index (χ0n) is 8.75. The van der Waals surface area contributed by atoms with Gasteiger partial charge in [-0.2, -0.15) is 0 Å². The van der Waals surface area contributed by atoms with Crippen molar-refractivity contribution in [1.82, 2.24) is 4.98 Å². The molecule has 0 aliphatic rings. The largest absolute Gasteiger partial charge is 0.246 e. The zero-order valence-corrected chi connectivity index (χ0v) is 9.57. The topological polar surface area (TPSA) is 12.9 Å². The minimum atomic E-state index is -0.196. The lowest BCUT2D eigenvalue weighted by atomic mass is 10.1. The summed E-state index contributed by atoms with van der Waals surface area (Å²) in [4.78, 5) is 5.61. The molecule has 1 aromatic carbocycles. The Kier molecular flexibility index (Phi) is 2.82. The van der Waals surface area contributed by atoms with Gasteiger partial charge in [0.05, 0.1) is 15.6 Å². The molecule has 3 heteroatoms. The van der Waals surface area contributed by atoms with Crippen LogP contribution in [0.5, 0.6) is 0 Å². The molecule has 15 heavy (non-hydrogen) atoms. The molecular formula is C12H12FNS. The molecule has 0 radical (unpaired) electrons. The summed E-state index contributed by atoms with van der Waals surface area (Å²) in [5.74, 6) is -0.196. The Morgan fingerprint density at radius 1 is 1.27 bits per heavy atom. The van der Waals surface area contributed by atoms with Crippen molar-refractivity contribution in [2.45, 2.75) is 20.3 Å². The Labute approximate surface area is 92.6 Å². The quantitative estimate of drug-likeness (QED) is 0.751. The summed E-state index contributed by atoms with van der Waals surface area (Å²) in [6.07, 6.45) is 0.914. The molecule has 1 nitrogen and oxygen atoms in total. The van der Waals surface area contributed by atoms with Crippen LogP contribution in [-0.2, 0) is 6.42 Å². The summed E-state index contributed by atoms with van der Waals surface area (Å²) in [5.41, 5.74) is 2.16. The Hall–Kier alpha value is -1.22. The van der Waals surface area contributed by atoms with E-state index in [1.807, 2.05) is 6.92 Å². The van der Waals surface area contributed by atoms with Crippen molar-refractivity contribution in [3.8, 4) is 10.4 Å². The van der Waals surface area contributed by atoms with Gasteiger partial charge < -0.3 is 0 Å². The molecule has 0 saturated heterocycles. The minimum absolute atomic E-state index is 0.196. The Balaban J connectivity index is 2.48. The first-order valence-corrected chi connectivity index (χ1v) is 5.74.